The van der Waals surface area contributed by atoms with Crippen LogP contribution in [0, 0.1) is 5.92 Å². The van der Waals surface area contributed by atoms with Gasteiger partial charge < -0.3 is 15.0 Å². The van der Waals surface area contributed by atoms with Gasteiger partial charge in [-0.05, 0) is 36.3 Å². The number of piperidine rings is 1. The van der Waals surface area contributed by atoms with Crippen LogP contribution in [-0.2, 0) is 18.4 Å². The molecule has 2 aromatic rings. The number of hydrogen-bond acceptors (Lipinski definition) is 6. The van der Waals surface area contributed by atoms with Crippen LogP contribution in [0.5, 0.6) is 5.75 Å². The largest absolute Gasteiger partial charge is 0.496 e. The van der Waals surface area contributed by atoms with Crippen LogP contribution in [0.15, 0.2) is 18.2 Å². The lowest BCUT2D eigenvalue weighted by molar-refractivity contribution is -0.126. The maximum Gasteiger partial charge on any atom is 0.257 e. The fourth-order valence-electron chi connectivity index (χ4n) is 3.07. The van der Waals surface area contributed by atoms with Gasteiger partial charge >= 0.3 is 0 Å². The van der Waals surface area contributed by atoms with Crippen LogP contribution in [0.3, 0.4) is 0 Å². The molecular formula is C17H21ClN6O3. The SMILES string of the molecule is COc1ccc(Cl)cc1C(=O)N1CCC(C(=O)NCc2nnn(C)n2)CC1. The fourth-order valence-corrected chi connectivity index (χ4v) is 3.24. The first kappa shape index (κ1) is 19.1. The third-order valence-corrected chi connectivity index (χ3v) is 4.75. The lowest BCUT2D eigenvalue weighted by atomic mass is 9.95. The first-order chi connectivity index (χ1) is 13.0. The fraction of sp³-hybridized carbons (Fsp3) is 0.471. The second-order valence-electron chi connectivity index (χ2n) is 6.32. The Bertz CT molecular complexity index is 832. The Balaban J connectivity index is 1.54. The van der Waals surface area contributed by atoms with E-state index in [0.717, 1.165) is 0 Å². The Hall–Kier alpha value is -2.68. The number of ether oxygens (including phenoxy) is 1. The highest BCUT2D eigenvalue weighted by Crippen LogP contribution is 2.26. The maximum absolute atomic E-state index is 12.8. The topological polar surface area (TPSA) is 102 Å². The molecular weight excluding hydrogens is 372 g/mol. The van der Waals surface area contributed by atoms with Crippen molar-refractivity contribution in [1.82, 2.24) is 30.4 Å². The summed E-state index contributed by atoms with van der Waals surface area (Å²) in [5.74, 6) is 0.603. The number of nitrogens with one attached hydrogen (secondary N) is 1. The molecule has 144 valence electrons. The Labute approximate surface area is 161 Å². The quantitative estimate of drug-likeness (QED) is 0.815. The molecule has 0 bridgehead atoms. The van der Waals surface area contributed by atoms with Gasteiger partial charge in [-0.25, -0.2) is 0 Å². The first-order valence-corrected chi connectivity index (χ1v) is 8.99. The van der Waals surface area contributed by atoms with Crippen LogP contribution in [0.1, 0.15) is 29.0 Å². The van der Waals surface area contributed by atoms with Crippen molar-refractivity contribution in [2.75, 3.05) is 20.2 Å². The minimum absolute atomic E-state index is 0.0603. The molecule has 9 nitrogen and oxygen atoms in total. The number of aryl methyl sites for hydroxylation is 1. The number of carbonyl (C=O) groups excluding carboxylic acids is 2. The van der Waals surface area contributed by atoms with Gasteiger partial charge in [-0.2, -0.15) is 4.80 Å². The number of nitrogens with zero attached hydrogens (tertiary/aromatic N) is 5. The normalized spacial score (nSPS) is 14.9. The second kappa shape index (κ2) is 8.34. The number of methoxy groups -OCH3 is 1. The van der Waals surface area contributed by atoms with Crippen molar-refractivity contribution in [1.29, 1.82) is 0 Å². The zero-order valence-electron chi connectivity index (χ0n) is 15.2. The Morgan fingerprint density at radius 2 is 2.07 bits per heavy atom. The first-order valence-electron chi connectivity index (χ1n) is 8.61. The molecule has 1 aromatic carbocycles. The number of tetrazole rings is 1. The zero-order chi connectivity index (χ0) is 19.4. The highest BCUT2D eigenvalue weighted by Gasteiger charge is 2.29. The van der Waals surface area contributed by atoms with E-state index in [1.54, 1.807) is 30.1 Å². The highest BCUT2D eigenvalue weighted by molar-refractivity contribution is 6.31. The summed E-state index contributed by atoms with van der Waals surface area (Å²) < 4.78 is 5.26. The van der Waals surface area contributed by atoms with Crippen molar-refractivity contribution >= 4 is 23.4 Å². The van der Waals surface area contributed by atoms with Crippen LogP contribution < -0.4 is 10.1 Å². The Morgan fingerprint density at radius 3 is 2.70 bits per heavy atom. The molecule has 1 aliphatic rings. The van der Waals surface area contributed by atoms with E-state index in [1.165, 1.54) is 11.9 Å². The number of likely N-dealkylation sites (tertiary alicyclic amines) is 1. The van der Waals surface area contributed by atoms with Gasteiger partial charge in [0.25, 0.3) is 5.91 Å². The van der Waals surface area contributed by atoms with Crippen LogP contribution in [0.2, 0.25) is 5.02 Å². The summed E-state index contributed by atoms with van der Waals surface area (Å²) >= 11 is 6.01. The Kier molecular flexibility index (Phi) is 5.90. The molecule has 0 saturated carbocycles. The van der Waals surface area contributed by atoms with Crippen LogP contribution in [0.25, 0.3) is 0 Å². The lowest BCUT2D eigenvalue weighted by Gasteiger charge is -2.31. The summed E-state index contributed by atoms with van der Waals surface area (Å²) in [7, 11) is 3.18. The van der Waals surface area contributed by atoms with Gasteiger partial charge in [0.1, 0.15) is 5.75 Å². The molecule has 3 rings (SSSR count). The highest BCUT2D eigenvalue weighted by atomic mass is 35.5. The van der Waals surface area contributed by atoms with Crippen LogP contribution in [-0.4, -0.2) is 57.1 Å². The third-order valence-electron chi connectivity index (χ3n) is 4.52. The van der Waals surface area contributed by atoms with E-state index in [4.69, 9.17) is 16.3 Å². The molecule has 2 heterocycles. The molecule has 1 N–H and O–H groups in total. The predicted octanol–water partition coefficient (Wildman–Crippen LogP) is 1.04. The number of amides is 2. The minimum atomic E-state index is -0.146. The molecule has 10 heteroatoms. The van der Waals surface area contributed by atoms with E-state index < -0.39 is 0 Å². The van der Waals surface area contributed by atoms with E-state index in [1.807, 2.05) is 0 Å². The number of carbonyl (C=O) groups is 2. The van der Waals surface area contributed by atoms with E-state index in [2.05, 4.69) is 20.7 Å². The van der Waals surface area contributed by atoms with Crippen LogP contribution in [0.4, 0.5) is 0 Å². The molecule has 0 aliphatic carbocycles. The van der Waals surface area contributed by atoms with E-state index >= 15 is 0 Å². The number of hydrogen-bond donors (Lipinski definition) is 1. The van der Waals surface area contributed by atoms with Crippen molar-refractivity contribution in [3.63, 3.8) is 0 Å². The lowest BCUT2D eigenvalue weighted by Crippen LogP contribution is -2.43. The van der Waals surface area contributed by atoms with Crippen molar-refractivity contribution in [2.24, 2.45) is 13.0 Å². The summed E-state index contributed by atoms with van der Waals surface area (Å²) in [6.45, 7) is 1.23. The average molecular weight is 393 g/mol. The van der Waals surface area contributed by atoms with Gasteiger partial charge in [0.2, 0.25) is 5.91 Å². The molecule has 1 aromatic heterocycles. The van der Waals surface area contributed by atoms with Crippen molar-refractivity contribution in [2.45, 2.75) is 19.4 Å². The van der Waals surface area contributed by atoms with E-state index in [9.17, 15) is 9.59 Å². The molecule has 2 amide bonds. The average Bonchev–Trinajstić information content (AvgIpc) is 3.11. The summed E-state index contributed by atoms with van der Waals surface area (Å²) in [5.41, 5.74) is 0.432. The van der Waals surface area contributed by atoms with E-state index in [0.29, 0.717) is 48.1 Å². The smallest absolute Gasteiger partial charge is 0.257 e. The zero-order valence-corrected chi connectivity index (χ0v) is 15.9. The van der Waals surface area contributed by atoms with Crippen molar-refractivity contribution in [3.8, 4) is 5.75 Å². The molecule has 0 atom stereocenters. The molecule has 0 unspecified atom stereocenters. The van der Waals surface area contributed by atoms with Gasteiger partial charge in [0.15, 0.2) is 5.82 Å². The third kappa shape index (κ3) is 4.54. The van der Waals surface area contributed by atoms with Gasteiger partial charge in [-0.15, -0.1) is 10.2 Å². The molecule has 1 fully saturated rings. The molecule has 1 saturated heterocycles. The van der Waals surface area contributed by atoms with Crippen molar-refractivity contribution in [3.05, 3.63) is 34.6 Å². The van der Waals surface area contributed by atoms with E-state index in [-0.39, 0.29) is 24.3 Å². The number of aromatic nitrogens is 4. The number of rotatable bonds is 5. The number of benzene rings is 1. The standard InChI is InChI=1S/C17H21ClN6O3/c1-23-21-15(20-22-23)10-19-16(25)11-5-7-24(8-6-11)17(26)13-9-12(18)3-4-14(13)27-2/h3-4,9,11H,5-8,10H2,1-2H3,(H,19,25). The van der Waals surface area contributed by atoms with Crippen LogP contribution >= 0.6 is 11.6 Å². The molecule has 1 aliphatic heterocycles. The van der Waals surface area contributed by atoms with Gasteiger partial charge in [0.05, 0.1) is 26.3 Å². The summed E-state index contributed by atoms with van der Waals surface area (Å²) in [4.78, 5) is 28.2. The predicted molar refractivity (Wildman–Crippen MR) is 97.3 cm³/mol. The monoisotopic (exact) mass is 392 g/mol. The van der Waals surface area contributed by atoms with Gasteiger partial charge in [-0.1, -0.05) is 11.6 Å². The minimum Gasteiger partial charge on any atom is -0.496 e. The summed E-state index contributed by atoms with van der Waals surface area (Å²) in [6.07, 6.45) is 1.18. The maximum atomic E-state index is 12.8. The number of halogens is 1. The Morgan fingerprint density at radius 1 is 1.33 bits per heavy atom. The molecule has 0 radical (unpaired) electrons. The summed E-state index contributed by atoms with van der Waals surface area (Å²) in [6, 6.07) is 4.96. The van der Waals surface area contributed by atoms with Gasteiger partial charge in [0, 0.05) is 24.0 Å². The summed E-state index contributed by atoms with van der Waals surface area (Å²) in [5, 5.41) is 14.9. The molecule has 0 spiro atoms. The molecule has 27 heavy (non-hydrogen) atoms. The second-order valence-corrected chi connectivity index (χ2v) is 6.76. The van der Waals surface area contributed by atoms with Crippen molar-refractivity contribution < 1.29 is 14.3 Å². The van der Waals surface area contributed by atoms with Gasteiger partial charge in [-0.3, -0.25) is 9.59 Å².